The van der Waals surface area contributed by atoms with Gasteiger partial charge in [-0.25, -0.2) is 4.99 Å². The van der Waals surface area contributed by atoms with Gasteiger partial charge < -0.3 is 21.0 Å². The van der Waals surface area contributed by atoms with Gasteiger partial charge in [-0.3, -0.25) is 4.90 Å². The van der Waals surface area contributed by atoms with Crippen LogP contribution in [0.4, 0.5) is 0 Å². The van der Waals surface area contributed by atoms with Crippen molar-refractivity contribution >= 4 is 11.9 Å². The molecule has 3 saturated carbocycles. The van der Waals surface area contributed by atoms with E-state index in [0.717, 1.165) is 44.9 Å². The molecule has 0 aromatic heterocycles. The number of aliphatic carboxylic acids is 1. The van der Waals surface area contributed by atoms with Crippen LogP contribution in [0.15, 0.2) is 16.1 Å². The fourth-order valence-electron chi connectivity index (χ4n) is 9.28. The van der Waals surface area contributed by atoms with Crippen LogP contribution < -0.4 is 21.1 Å². The SMILES string of the molecule is CN=C(N)[NH+]1CC[C@H](CNC)[C@@]2(C1)[C@@H]1CC[C@H]3CCC[C@@H]4CC(C(=O)[O-])=C(C1)[C@@]342. The molecule has 1 heterocycles. The molecule has 4 N–H and O–H groups in total. The molecular formula is C23H36N4O2. The summed E-state index contributed by atoms with van der Waals surface area (Å²) in [5.74, 6) is 2.08. The molecule has 29 heavy (non-hydrogen) atoms. The number of guanidine groups is 1. The Balaban J connectivity index is 1.72. The second-order valence-electron chi connectivity index (χ2n) is 10.3. The van der Waals surface area contributed by atoms with Gasteiger partial charge in [-0.15, -0.1) is 0 Å². The van der Waals surface area contributed by atoms with Crippen molar-refractivity contribution in [3.05, 3.63) is 11.1 Å². The minimum Gasteiger partial charge on any atom is -0.545 e. The van der Waals surface area contributed by atoms with Crippen LogP contribution in [0.2, 0.25) is 0 Å². The Kier molecular flexibility index (Phi) is 4.59. The van der Waals surface area contributed by atoms with E-state index < -0.39 is 5.97 Å². The molecule has 1 aliphatic heterocycles. The van der Waals surface area contributed by atoms with Gasteiger partial charge in [-0.05, 0) is 81.4 Å². The molecule has 5 rings (SSSR count). The molecule has 4 fully saturated rings. The number of piperidine rings is 1. The third kappa shape index (κ3) is 2.30. The largest absolute Gasteiger partial charge is 0.545 e. The Morgan fingerprint density at radius 3 is 2.69 bits per heavy atom. The predicted molar refractivity (Wildman–Crippen MR) is 110 cm³/mol. The summed E-state index contributed by atoms with van der Waals surface area (Å²) in [5, 5.41) is 15.7. The van der Waals surface area contributed by atoms with Crippen LogP contribution >= 0.6 is 0 Å². The van der Waals surface area contributed by atoms with Crippen LogP contribution in [0.3, 0.4) is 0 Å². The quantitative estimate of drug-likeness (QED) is 0.448. The Bertz CT molecular complexity index is 777. The van der Waals surface area contributed by atoms with Crippen LogP contribution in [0, 0.1) is 34.5 Å². The van der Waals surface area contributed by atoms with Gasteiger partial charge >= 0.3 is 0 Å². The number of allylic oxidation sites excluding steroid dienone is 1. The number of carboxylic acids is 1. The number of nitrogens with one attached hydrogen (secondary N) is 2. The van der Waals surface area contributed by atoms with Gasteiger partial charge in [0.15, 0.2) is 0 Å². The molecular weight excluding hydrogens is 364 g/mol. The lowest BCUT2D eigenvalue weighted by atomic mass is 9.41. The van der Waals surface area contributed by atoms with Crippen molar-refractivity contribution in [3.8, 4) is 0 Å². The molecule has 0 radical (unpaired) electrons. The number of hydrogen-bond acceptors (Lipinski definition) is 4. The van der Waals surface area contributed by atoms with Crippen LogP contribution in [0.1, 0.15) is 51.4 Å². The van der Waals surface area contributed by atoms with Crippen LogP contribution in [0.5, 0.6) is 0 Å². The van der Waals surface area contributed by atoms with E-state index in [1.165, 1.54) is 42.6 Å². The average molecular weight is 401 g/mol. The second kappa shape index (κ2) is 6.81. The lowest BCUT2D eigenvalue weighted by molar-refractivity contribution is -0.829. The van der Waals surface area contributed by atoms with Crippen molar-refractivity contribution in [3.63, 3.8) is 0 Å². The summed E-state index contributed by atoms with van der Waals surface area (Å²) in [5.41, 5.74) is 8.56. The topological polar surface area (TPSA) is 95.0 Å². The highest BCUT2D eigenvalue weighted by atomic mass is 16.4. The molecule has 4 aliphatic carbocycles. The molecule has 2 spiro atoms. The lowest BCUT2D eigenvalue weighted by Crippen LogP contribution is -3.19. The second-order valence-corrected chi connectivity index (χ2v) is 10.3. The normalized spacial score (nSPS) is 46.3. The summed E-state index contributed by atoms with van der Waals surface area (Å²) in [4.78, 5) is 17.9. The van der Waals surface area contributed by atoms with Crippen molar-refractivity contribution in [2.45, 2.75) is 51.4 Å². The maximum absolute atomic E-state index is 12.2. The molecule has 6 nitrogen and oxygen atoms in total. The minimum absolute atomic E-state index is 0.0603. The first-order valence-corrected chi connectivity index (χ1v) is 11.7. The van der Waals surface area contributed by atoms with Crippen molar-refractivity contribution in [1.82, 2.24) is 5.32 Å². The smallest absolute Gasteiger partial charge is 0.293 e. The molecule has 0 aromatic rings. The summed E-state index contributed by atoms with van der Waals surface area (Å²) >= 11 is 0. The van der Waals surface area contributed by atoms with Crippen molar-refractivity contribution in [1.29, 1.82) is 0 Å². The fraction of sp³-hybridized carbons (Fsp3) is 0.826. The molecule has 0 aromatic carbocycles. The average Bonchev–Trinajstić information content (AvgIpc) is 3.10. The molecule has 1 saturated heterocycles. The van der Waals surface area contributed by atoms with E-state index in [0.29, 0.717) is 29.2 Å². The molecule has 5 aliphatic rings. The molecule has 0 amide bonds. The first kappa shape index (κ1) is 19.6. The number of carboxylic acid groups (broad SMARTS) is 1. The zero-order chi connectivity index (χ0) is 20.4. The molecule has 6 heteroatoms. The summed E-state index contributed by atoms with van der Waals surface area (Å²) < 4.78 is 0. The fourth-order valence-corrected chi connectivity index (χ4v) is 9.28. The maximum Gasteiger partial charge on any atom is 0.293 e. The summed E-state index contributed by atoms with van der Waals surface area (Å²) in [7, 11) is 3.86. The number of carbonyl (C=O) groups excluding carboxylic acids is 1. The monoisotopic (exact) mass is 400 g/mol. The van der Waals surface area contributed by atoms with Crippen molar-refractivity contribution in [2.75, 3.05) is 33.7 Å². The van der Waals surface area contributed by atoms with Crippen molar-refractivity contribution < 1.29 is 14.8 Å². The third-order valence-electron chi connectivity index (χ3n) is 9.85. The van der Waals surface area contributed by atoms with Gasteiger partial charge in [0.1, 0.15) is 0 Å². The van der Waals surface area contributed by atoms with Gasteiger partial charge in [0, 0.05) is 24.3 Å². The standard InChI is InChI=1S/C23H36N4O2/c1-25-12-17-8-9-27(21(24)26-2)13-22(17)15-7-6-14-4-3-5-16-10-18(20(28)29)19(11-15)23(14,16)22/h14-17,25H,3-13H2,1-2H3,(H2,24,26)(H,28,29)/t14-,15-,16-,17-,22-,23-/m1/s1. The van der Waals surface area contributed by atoms with E-state index in [9.17, 15) is 9.90 Å². The summed E-state index contributed by atoms with van der Waals surface area (Å²) in [6.07, 6.45) is 9.03. The molecule has 1 unspecified atom stereocenters. The van der Waals surface area contributed by atoms with E-state index in [2.05, 4.69) is 17.4 Å². The number of hydrogen-bond donors (Lipinski definition) is 3. The van der Waals surface area contributed by atoms with E-state index in [1.807, 2.05) is 0 Å². The van der Waals surface area contributed by atoms with Gasteiger partial charge in [-0.1, -0.05) is 12.0 Å². The lowest BCUT2D eigenvalue weighted by Gasteiger charge is -2.64. The number of likely N-dealkylation sites (tertiary alicyclic amines) is 1. The van der Waals surface area contributed by atoms with Crippen LogP contribution in [-0.4, -0.2) is 45.7 Å². The number of quaternary nitrogens is 1. The van der Waals surface area contributed by atoms with Gasteiger partial charge in [-0.2, -0.15) is 0 Å². The maximum atomic E-state index is 12.2. The van der Waals surface area contributed by atoms with E-state index in [-0.39, 0.29) is 10.8 Å². The Morgan fingerprint density at radius 1 is 1.21 bits per heavy atom. The van der Waals surface area contributed by atoms with Gasteiger partial charge in [0.2, 0.25) is 0 Å². The molecule has 2 bridgehead atoms. The van der Waals surface area contributed by atoms with E-state index >= 15 is 0 Å². The molecule has 7 atom stereocenters. The molecule has 160 valence electrons. The zero-order valence-corrected chi connectivity index (χ0v) is 17.9. The summed E-state index contributed by atoms with van der Waals surface area (Å²) in [6.45, 7) is 3.06. The summed E-state index contributed by atoms with van der Waals surface area (Å²) in [6, 6.07) is 0. The highest BCUT2D eigenvalue weighted by Gasteiger charge is 2.76. The predicted octanol–water partition coefficient (Wildman–Crippen LogP) is -0.292. The van der Waals surface area contributed by atoms with Gasteiger partial charge in [0.05, 0.1) is 19.1 Å². The number of rotatable bonds is 3. The highest BCUT2D eigenvalue weighted by Crippen LogP contribution is 2.79. The zero-order valence-electron chi connectivity index (χ0n) is 17.9. The Hall–Kier alpha value is -1.40. The van der Waals surface area contributed by atoms with Crippen LogP contribution in [-0.2, 0) is 4.79 Å². The Morgan fingerprint density at radius 2 is 1.97 bits per heavy atom. The first-order valence-electron chi connectivity index (χ1n) is 11.7. The highest BCUT2D eigenvalue weighted by molar-refractivity contribution is 5.87. The number of aliphatic imine (C=N–C) groups is 1. The number of carbonyl (C=O) groups is 1. The van der Waals surface area contributed by atoms with Crippen LogP contribution in [0.25, 0.3) is 0 Å². The van der Waals surface area contributed by atoms with Crippen molar-refractivity contribution in [2.24, 2.45) is 45.2 Å². The van der Waals surface area contributed by atoms with E-state index in [1.54, 1.807) is 7.05 Å². The number of nitrogens with two attached hydrogens (primary N) is 1. The van der Waals surface area contributed by atoms with E-state index in [4.69, 9.17) is 5.73 Å². The minimum atomic E-state index is -0.898. The third-order valence-corrected chi connectivity index (χ3v) is 9.85. The first-order chi connectivity index (χ1) is 14.0. The number of nitrogens with zero attached hydrogens (tertiary/aromatic N) is 1. The Labute approximate surface area is 174 Å². The van der Waals surface area contributed by atoms with Gasteiger partial charge in [0.25, 0.3) is 5.96 Å².